The molecule has 0 aliphatic carbocycles. The predicted molar refractivity (Wildman–Crippen MR) is 105 cm³/mol. The Kier molecular flexibility index (Phi) is 7.16. The molecule has 2 aromatic rings. The summed E-state index contributed by atoms with van der Waals surface area (Å²) in [7, 11) is 0. The van der Waals surface area contributed by atoms with Gasteiger partial charge in [0.05, 0.1) is 11.5 Å². The van der Waals surface area contributed by atoms with Gasteiger partial charge in [0.15, 0.2) is 0 Å². The molecule has 5 nitrogen and oxygen atoms in total. The van der Waals surface area contributed by atoms with Crippen molar-refractivity contribution in [2.75, 3.05) is 19.6 Å². The summed E-state index contributed by atoms with van der Waals surface area (Å²) in [5, 5.41) is 2.94. The number of ether oxygens (including phenoxy) is 1. The lowest BCUT2D eigenvalue weighted by Gasteiger charge is -2.32. The summed E-state index contributed by atoms with van der Waals surface area (Å²) in [6.45, 7) is -1.74. The van der Waals surface area contributed by atoms with Crippen LogP contribution in [-0.2, 0) is 11.2 Å². The van der Waals surface area contributed by atoms with E-state index in [1.165, 1.54) is 18.2 Å². The van der Waals surface area contributed by atoms with Crippen molar-refractivity contribution in [2.24, 2.45) is 5.92 Å². The van der Waals surface area contributed by atoms with Crippen LogP contribution >= 0.6 is 0 Å². The molecule has 0 aromatic heterocycles. The van der Waals surface area contributed by atoms with E-state index in [0.29, 0.717) is 25.9 Å². The first kappa shape index (κ1) is 20.8. The van der Waals surface area contributed by atoms with E-state index in [9.17, 15) is 18.4 Å². The summed E-state index contributed by atoms with van der Waals surface area (Å²) in [5.74, 6) is -0.952. The molecule has 1 aliphatic rings. The van der Waals surface area contributed by atoms with Crippen LogP contribution in [0.3, 0.4) is 0 Å². The number of benzene rings is 2. The molecule has 0 spiro atoms. The van der Waals surface area contributed by atoms with Gasteiger partial charge in [-0.3, -0.25) is 9.59 Å². The highest BCUT2D eigenvalue weighted by Gasteiger charge is 2.30. The number of para-hydroxylation sites is 1. The van der Waals surface area contributed by atoms with Crippen molar-refractivity contribution >= 4 is 11.8 Å². The predicted octanol–water partition coefficient (Wildman–Crippen LogP) is 3.50. The maximum absolute atomic E-state index is 12.8. The van der Waals surface area contributed by atoms with E-state index in [1.807, 2.05) is 30.3 Å². The summed E-state index contributed by atoms with van der Waals surface area (Å²) in [5.41, 5.74) is 1.22. The monoisotopic (exact) mass is 402 g/mol. The SMILES string of the molecule is O=C(NCCc1ccccc1)C1CCCN(C(=O)c2ccccc2OC(F)F)C1. The van der Waals surface area contributed by atoms with Gasteiger partial charge in [-0.1, -0.05) is 42.5 Å². The lowest BCUT2D eigenvalue weighted by Crippen LogP contribution is -2.45. The maximum Gasteiger partial charge on any atom is 0.387 e. The van der Waals surface area contributed by atoms with Gasteiger partial charge in [0.1, 0.15) is 5.75 Å². The fourth-order valence-corrected chi connectivity index (χ4v) is 3.51. The van der Waals surface area contributed by atoms with Gasteiger partial charge in [-0.15, -0.1) is 0 Å². The molecule has 1 atom stereocenters. The molecule has 0 radical (unpaired) electrons. The summed E-state index contributed by atoms with van der Waals surface area (Å²) >= 11 is 0. The second-order valence-corrected chi connectivity index (χ2v) is 6.99. The van der Waals surface area contributed by atoms with Crippen molar-refractivity contribution in [3.63, 3.8) is 0 Å². The third kappa shape index (κ3) is 5.76. The van der Waals surface area contributed by atoms with E-state index < -0.39 is 12.5 Å². The molecule has 29 heavy (non-hydrogen) atoms. The average Bonchev–Trinajstić information content (AvgIpc) is 2.74. The minimum atomic E-state index is -3.01. The molecule has 1 fully saturated rings. The normalized spacial score (nSPS) is 16.5. The third-order valence-corrected chi connectivity index (χ3v) is 4.97. The molecule has 7 heteroatoms. The highest BCUT2D eigenvalue weighted by atomic mass is 19.3. The quantitative estimate of drug-likeness (QED) is 0.771. The van der Waals surface area contributed by atoms with Crippen LogP contribution in [0.15, 0.2) is 54.6 Å². The van der Waals surface area contributed by atoms with E-state index in [2.05, 4.69) is 10.1 Å². The average molecular weight is 402 g/mol. The Morgan fingerprint density at radius 3 is 2.59 bits per heavy atom. The number of halogens is 2. The molecule has 1 heterocycles. The minimum Gasteiger partial charge on any atom is -0.434 e. The third-order valence-electron chi connectivity index (χ3n) is 4.97. The van der Waals surface area contributed by atoms with Crippen molar-refractivity contribution in [3.05, 3.63) is 65.7 Å². The number of amides is 2. The summed E-state index contributed by atoms with van der Waals surface area (Å²) in [6.07, 6.45) is 2.11. The number of rotatable bonds is 7. The fourth-order valence-electron chi connectivity index (χ4n) is 3.51. The van der Waals surface area contributed by atoms with E-state index in [1.54, 1.807) is 11.0 Å². The first-order valence-electron chi connectivity index (χ1n) is 9.69. The molecule has 1 N–H and O–H groups in total. The van der Waals surface area contributed by atoms with Gasteiger partial charge in [-0.2, -0.15) is 8.78 Å². The van der Waals surface area contributed by atoms with Gasteiger partial charge in [0.2, 0.25) is 5.91 Å². The van der Waals surface area contributed by atoms with Crippen LogP contribution in [0.25, 0.3) is 0 Å². The van der Waals surface area contributed by atoms with Gasteiger partial charge in [0.25, 0.3) is 5.91 Å². The topological polar surface area (TPSA) is 58.6 Å². The Morgan fingerprint density at radius 2 is 1.83 bits per heavy atom. The van der Waals surface area contributed by atoms with Crippen LogP contribution in [0.2, 0.25) is 0 Å². The van der Waals surface area contributed by atoms with Gasteiger partial charge < -0.3 is 15.0 Å². The van der Waals surface area contributed by atoms with Gasteiger partial charge in [-0.25, -0.2) is 0 Å². The second kappa shape index (κ2) is 10.0. The lowest BCUT2D eigenvalue weighted by atomic mass is 9.96. The maximum atomic E-state index is 12.8. The summed E-state index contributed by atoms with van der Waals surface area (Å²) in [4.78, 5) is 26.9. The van der Waals surface area contributed by atoms with Gasteiger partial charge in [0, 0.05) is 19.6 Å². The van der Waals surface area contributed by atoms with Crippen molar-refractivity contribution in [2.45, 2.75) is 25.9 Å². The molecule has 2 aromatic carbocycles. The number of likely N-dealkylation sites (tertiary alicyclic amines) is 1. The van der Waals surface area contributed by atoms with Crippen molar-refractivity contribution in [3.8, 4) is 5.75 Å². The van der Waals surface area contributed by atoms with Gasteiger partial charge >= 0.3 is 6.61 Å². The van der Waals surface area contributed by atoms with Crippen LogP contribution in [0, 0.1) is 5.92 Å². The molecule has 1 aliphatic heterocycles. The van der Waals surface area contributed by atoms with Crippen LogP contribution in [0.1, 0.15) is 28.8 Å². The minimum absolute atomic E-state index is 0.0814. The number of nitrogens with zero attached hydrogens (tertiary/aromatic N) is 1. The second-order valence-electron chi connectivity index (χ2n) is 6.99. The lowest BCUT2D eigenvalue weighted by molar-refractivity contribution is -0.126. The highest BCUT2D eigenvalue weighted by Crippen LogP contribution is 2.25. The van der Waals surface area contributed by atoms with Crippen LogP contribution in [0.4, 0.5) is 8.78 Å². The molecule has 3 rings (SSSR count). The van der Waals surface area contributed by atoms with E-state index in [4.69, 9.17) is 0 Å². The molecule has 154 valence electrons. The molecule has 1 unspecified atom stereocenters. The molecule has 0 bridgehead atoms. The Bertz CT molecular complexity index is 830. The molecule has 1 saturated heterocycles. The van der Waals surface area contributed by atoms with Crippen LogP contribution in [0.5, 0.6) is 5.75 Å². The summed E-state index contributed by atoms with van der Waals surface area (Å²) in [6, 6.07) is 15.8. The largest absolute Gasteiger partial charge is 0.434 e. The zero-order valence-electron chi connectivity index (χ0n) is 16.0. The Hall–Kier alpha value is -2.96. The number of carbonyl (C=O) groups is 2. The number of nitrogens with one attached hydrogen (secondary N) is 1. The number of hydrogen-bond donors (Lipinski definition) is 1. The Morgan fingerprint density at radius 1 is 1.10 bits per heavy atom. The fraction of sp³-hybridized carbons (Fsp3) is 0.364. The van der Waals surface area contributed by atoms with Gasteiger partial charge in [-0.05, 0) is 37.0 Å². The van der Waals surface area contributed by atoms with Crippen LogP contribution in [-0.4, -0.2) is 43.0 Å². The zero-order valence-corrected chi connectivity index (χ0v) is 16.0. The Balaban J connectivity index is 1.57. The number of hydrogen-bond acceptors (Lipinski definition) is 3. The highest BCUT2D eigenvalue weighted by molar-refractivity contribution is 5.97. The van der Waals surface area contributed by atoms with Crippen molar-refractivity contribution in [1.82, 2.24) is 10.2 Å². The van der Waals surface area contributed by atoms with E-state index in [-0.39, 0.29) is 29.7 Å². The van der Waals surface area contributed by atoms with Crippen molar-refractivity contribution in [1.29, 1.82) is 0 Å². The standard InChI is InChI=1S/C22H24F2N2O3/c23-22(24)29-19-11-5-4-10-18(19)21(28)26-14-6-9-17(15-26)20(27)25-13-12-16-7-2-1-3-8-16/h1-5,7-8,10-11,17,22H,6,9,12-15H2,(H,25,27). The zero-order chi connectivity index (χ0) is 20.6. The molecule has 2 amide bonds. The van der Waals surface area contributed by atoms with E-state index in [0.717, 1.165) is 12.0 Å². The molecule has 0 saturated carbocycles. The number of carbonyl (C=O) groups excluding carboxylic acids is 2. The number of alkyl halides is 2. The Labute approximate surface area is 168 Å². The first-order valence-corrected chi connectivity index (χ1v) is 9.69. The number of piperidine rings is 1. The summed E-state index contributed by atoms with van der Waals surface area (Å²) < 4.78 is 29.7. The molecular formula is C22H24F2N2O3. The van der Waals surface area contributed by atoms with E-state index >= 15 is 0 Å². The first-order chi connectivity index (χ1) is 14.0. The van der Waals surface area contributed by atoms with Crippen molar-refractivity contribution < 1.29 is 23.1 Å². The van der Waals surface area contributed by atoms with Crippen LogP contribution < -0.4 is 10.1 Å². The smallest absolute Gasteiger partial charge is 0.387 e. The molecular weight excluding hydrogens is 378 g/mol.